The fourth-order valence-electron chi connectivity index (χ4n) is 4.66. The summed E-state index contributed by atoms with van der Waals surface area (Å²) in [5.41, 5.74) is 1.32. The quantitative estimate of drug-likeness (QED) is 0.597. The number of carbonyl (C=O) groups is 2. The molecule has 0 radical (unpaired) electrons. The number of piperazine rings is 1. The van der Waals surface area contributed by atoms with E-state index >= 15 is 0 Å². The minimum absolute atomic E-state index is 0.00348. The van der Waals surface area contributed by atoms with Crippen molar-refractivity contribution in [1.82, 2.24) is 15.1 Å². The third kappa shape index (κ3) is 6.81. The molecule has 3 rings (SSSR count). The van der Waals surface area contributed by atoms with Crippen molar-refractivity contribution in [3.63, 3.8) is 0 Å². The molecule has 166 valence electrons. The summed E-state index contributed by atoms with van der Waals surface area (Å²) in [6, 6.07) is 10.1. The first-order valence-corrected chi connectivity index (χ1v) is 11.5. The van der Waals surface area contributed by atoms with Gasteiger partial charge in [-0.25, -0.2) is 0 Å². The van der Waals surface area contributed by atoms with Gasteiger partial charge >= 0.3 is 0 Å². The summed E-state index contributed by atoms with van der Waals surface area (Å²) < 4.78 is 5.14. The lowest BCUT2D eigenvalue weighted by atomic mass is 9.92. The molecule has 1 aromatic carbocycles. The van der Waals surface area contributed by atoms with Crippen molar-refractivity contribution in [2.24, 2.45) is 5.92 Å². The number of hydrogen-bond acceptors (Lipinski definition) is 4. The Hall–Kier alpha value is -1.92. The monoisotopic (exact) mass is 415 g/mol. The molecule has 2 amide bonds. The van der Waals surface area contributed by atoms with Crippen LogP contribution in [0.15, 0.2) is 30.3 Å². The molecule has 0 saturated carbocycles. The topological polar surface area (TPSA) is 61.9 Å². The van der Waals surface area contributed by atoms with Gasteiger partial charge in [0.1, 0.15) is 0 Å². The van der Waals surface area contributed by atoms with Gasteiger partial charge in [-0.1, -0.05) is 30.3 Å². The Morgan fingerprint density at radius 3 is 2.63 bits per heavy atom. The molecule has 1 N–H and O–H groups in total. The molecule has 30 heavy (non-hydrogen) atoms. The molecule has 0 aromatic heterocycles. The maximum absolute atomic E-state index is 12.9. The van der Waals surface area contributed by atoms with Crippen molar-refractivity contribution >= 4 is 11.8 Å². The van der Waals surface area contributed by atoms with Crippen molar-refractivity contribution in [2.75, 3.05) is 46.4 Å². The third-order valence-corrected chi connectivity index (χ3v) is 6.49. The summed E-state index contributed by atoms with van der Waals surface area (Å²) in [4.78, 5) is 29.6. The fraction of sp³-hybridized carbons (Fsp3) is 0.667. The summed E-state index contributed by atoms with van der Waals surface area (Å²) in [5, 5.41) is 2.95. The highest BCUT2D eigenvalue weighted by molar-refractivity contribution is 5.88. The summed E-state index contributed by atoms with van der Waals surface area (Å²) in [6.07, 6.45) is 6.68. The zero-order chi connectivity index (χ0) is 21.2. The number of likely N-dealkylation sites (tertiary alicyclic amines) is 1. The Balaban J connectivity index is 1.45. The number of aryl methyl sites for hydroxylation is 1. The van der Waals surface area contributed by atoms with Crippen molar-refractivity contribution in [2.45, 2.75) is 51.0 Å². The zero-order valence-corrected chi connectivity index (χ0v) is 18.4. The Morgan fingerprint density at radius 1 is 1.13 bits per heavy atom. The van der Waals surface area contributed by atoms with Gasteiger partial charge in [0.05, 0.1) is 12.5 Å². The number of nitrogens with one attached hydrogen (secondary N) is 1. The minimum Gasteiger partial charge on any atom is -0.385 e. The standard InChI is InChI=1S/C24H37N3O3/c1-30-18-6-10-21-11-15-27(16-12-21)23(28)19-22-24(29)25-13-17-26(22)14-5-9-20-7-3-2-4-8-20/h2-4,7-8,21-22H,5-6,9-19H2,1H3,(H,25,29)/t22-/m0/s1. The molecule has 1 aromatic rings. The number of piperidine rings is 1. The number of rotatable bonds is 10. The van der Waals surface area contributed by atoms with Gasteiger partial charge in [-0.3, -0.25) is 14.5 Å². The first kappa shape index (κ1) is 22.8. The zero-order valence-electron chi connectivity index (χ0n) is 18.4. The van der Waals surface area contributed by atoms with Gasteiger partial charge in [0.15, 0.2) is 0 Å². The highest BCUT2D eigenvalue weighted by atomic mass is 16.5. The third-order valence-electron chi connectivity index (χ3n) is 6.49. The predicted octanol–water partition coefficient (Wildman–Crippen LogP) is 2.47. The van der Waals surface area contributed by atoms with Crippen LogP contribution in [0.5, 0.6) is 0 Å². The van der Waals surface area contributed by atoms with Crippen molar-refractivity contribution in [3.8, 4) is 0 Å². The molecule has 6 nitrogen and oxygen atoms in total. The molecule has 0 unspecified atom stereocenters. The number of hydrogen-bond donors (Lipinski definition) is 1. The van der Waals surface area contributed by atoms with Crippen LogP contribution in [0.4, 0.5) is 0 Å². The van der Waals surface area contributed by atoms with E-state index < -0.39 is 0 Å². The molecular formula is C24H37N3O3. The largest absolute Gasteiger partial charge is 0.385 e. The highest BCUT2D eigenvalue weighted by Crippen LogP contribution is 2.23. The number of benzene rings is 1. The Kier molecular flexibility index (Phi) is 9.15. The van der Waals surface area contributed by atoms with E-state index in [1.807, 2.05) is 11.0 Å². The molecule has 1 atom stereocenters. The smallest absolute Gasteiger partial charge is 0.237 e. The second-order valence-electron chi connectivity index (χ2n) is 8.60. The van der Waals surface area contributed by atoms with Crippen LogP contribution >= 0.6 is 0 Å². The number of ether oxygens (including phenoxy) is 1. The van der Waals surface area contributed by atoms with Crippen LogP contribution in [0, 0.1) is 5.92 Å². The van der Waals surface area contributed by atoms with E-state index in [4.69, 9.17) is 4.74 Å². The molecule has 2 saturated heterocycles. The normalized spacial score (nSPS) is 20.9. The Bertz CT molecular complexity index is 659. The van der Waals surface area contributed by atoms with Crippen LogP contribution in [0.25, 0.3) is 0 Å². The number of amides is 2. The number of methoxy groups -OCH3 is 1. The SMILES string of the molecule is COCCCC1CCN(C(=O)C[C@H]2C(=O)NCCN2CCCc2ccccc2)CC1. The molecule has 2 heterocycles. The second-order valence-corrected chi connectivity index (χ2v) is 8.60. The molecule has 6 heteroatoms. The molecule has 0 aliphatic carbocycles. The van der Waals surface area contributed by atoms with Crippen molar-refractivity contribution < 1.29 is 14.3 Å². The lowest BCUT2D eigenvalue weighted by molar-refractivity contribution is -0.139. The van der Waals surface area contributed by atoms with Gasteiger partial charge in [0, 0.05) is 39.9 Å². The lowest BCUT2D eigenvalue weighted by Gasteiger charge is -2.37. The van der Waals surface area contributed by atoms with Gasteiger partial charge in [0.2, 0.25) is 11.8 Å². The molecule has 0 spiro atoms. The van der Waals surface area contributed by atoms with Crippen LogP contribution in [0.1, 0.15) is 44.1 Å². The second kappa shape index (κ2) is 12.1. The Labute approximate surface area is 180 Å². The van der Waals surface area contributed by atoms with E-state index in [1.54, 1.807) is 7.11 Å². The van der Waals surface area contributed by atoms with Crippen LogP contribution in [-0.4, -0.2) is 74.1 Å². The number of nitrogens with zero attached hydrogens (tertiary/aromatic N) is 2. The van der Waals surface area contributed by atoms with Gasteiger partial charge in [0.25, 0.3) is 0 Å². The summed E-state index contributed by atoms with van der Waals surface area (Å²) >= 11 is 0. The summed E-state index contributed by atoms with van der Waals surface area (Å²) in [6.45, 7) is 4.79. The molecule has 2 aliphatic rings. The lowest BCUT2D eigenvalue weighted by Crippen LogP contribution is -2.57. The average Bonchev–Trinajstić information content (AvgIpc) is 2.77. The van der Waals surface area contributed by atoms with E-state index in [2.05, 4.69) is 34.5 Å². The average molecular weight is 416 g/mol. The van der Waals surface area contributed by atoms with Gasteiger partial charge in [-0.2, -0.15) is 0 Å². The van der Waals surface area contributed by atoms with E-state index in [0.29, 0.717) is 18.9 Å². The van der Waals surface area contributed by atoms with Crippen molar-refractivity contribution in [3.05, 3.63) is 35.9 Å². The molecule has 0 bridgehead atoms. The van der Waals surface area contributed by atoms with Crippen LogP contribution in [-0.2, 0) is 20.7 Å². The van der Waals surface area contributed by atoms with E-state index in [1.165, 1.54) is 12.0 Å². The van der Waals surface area contributed by atoms with Gasteiger partial charge in [-0.05, 0) is 56.6 Å². The Morgan fingerprint density at radius 2 is 1.90 bits per heavy atom. The molecule has 2 fully saturated rings. The minimum atomic E-state index is -0.332. The summed E-state index contributed by atoms with van der Waals surface area (Å²) in [5.74, 6) is 0.820. The maximum atomic E-state index is 12.9. The highest BCUT2D eigenvalue weighted by Gasteiger charge is 2.33. The van der Waals surface area contributed by atoms with Crippen LogP contribution < -0.4 is 5.32 Å². The van der Waals surface area contributed by atoms with Gasteiger partial charge < -0.3 is 15.0 Å². The predicted molar refractivity (Wildman–Crippen MR) is 118 cm³/mol. The molecular weight excluding hydrogens is 378 g/mol. The van der Waals surface area contributed by atoms with Crippen LogP contribution in [0.3, 0.4) is 0 Å². The summed E-state index contributed by atoms with van der Waals surface area (Å²) in [7, 11) is 1.74. The maximum Gasteiger partial charge on any atom is 0.237 e. The van der Waals surface area contributed by atoms with E-state index in [9.17, 15) is 9.59 Å². The first-order chi connectivity index (χ1) is 14.7. The van der Waals surface area contributed by atoms with E-state index in [0.717, 1.165) is 64.9 Å². The van der Waals surface area contributed by atoms with Crippen LogP contribution in [0.2, 0.25) is 0 Å². The van der Waals surface area contributed by atoms with E-state index in [-0.39, 0.29) is 17.9 Å². The van der Waals surface area contributed by atoms with Crippen molar-refractivity contribution in [1.29, 1.82) is 0 Å². The molecule has 2 aliphatic heterocycles. The van der Waals surface area contributed by atoms with Gasteiger partial charge in [-0.15, -0.1) is 0 Å². The first-order valence-electron chi connectivity index (χ1n) is 11.5. The number of carbonyl (C=O) groups excluding carboxylic acids is 2. The fourth-order valence-corrected chi connectivity index (χ4v) is 4.66.